The van der Waals surface area contributed by atoms with Crippen LogP contribution in [0.15, 0.2) is 30.6 Å². The second-order valence-electron chi connectivity index (χ2n) is 9.58. The first kappa shape index (κ1) is 25.6. The number of methoxy groups -OCH3 is 1. The third-order valence-corrected chi connectivity index (χ3v) is 7.26. The smallest absolute Gasteiger partial charge is 0.253 e. The third-order valence-electron chi connectivity index (χ3n) is 7.26. The number of hydrogen-bond acceptors (Lipinski definition) is 10. The molecule has 0 radical (unpaired) electrons. The molecule has 3 N–H and O–H groups in total. The van der Waals surface area contributed by atoms with Crippen LogP contribution in [-0.4, -0.2) is 94.3 Å². The SMILES string of the molecule is COc1ccc([C@@H]2CN(C(=O)C(O)CO)C[C@@]2(C)C(C)O)cc1OC1CN(c2cnc(C#N)cn2)C1. The van der Waals surface area contributed by atoms with Gasteiger partial charge in [0.1, 0.15) is 18.0 Å². The normalized spacial score (nSPS) is 23.5. The summed E-state index contributed by atoms with van der Waals surface area (Å²) in [7, 11) is 1.56. The van der Waals surface area contributed by atoms with Crippen LogP contribution >= 0.6 is 0 Å². The molecule has 0 bridgehead atoms. The van der Waals surface area contributed by atoms with Gasteiger partial charge in [-0.2, -0.15) is 5.26 Å². The van der Waals surface area contributed by atoms with Crippen molar-refractivity contribution in [3.8, 4) is 17.6 Å². The highest BCUT2D eigenvalue weighted by Gasteiger charge is 2.49. The Hall–Kier alpha value is -3.46. The first-order valence-electron chi connectivity index (χ1n) is 11.8. The first-order chi connectivity index (χ1) is 17.2. The van der Waals surface area contributed by atoms with Crippen molar-refractivity contribution in [3.63, 3.8) is 0 Å². The van der Waals surface area contributed by atoms with Crippen molar-refractivity contribution < 1.29 is 29.6 Å². The lowest BCUT2D eigenvalue weighted by molar-refractivity contribution is -0.141. The number of aliphatic hydroxyl groups is 3. The van der Waals surface area contributed by atoms with Crippen LogP contribution in [0.5, 0.6) is 11.5 Å². The number of nitrogens with zero attached hydrogens (tertiary/aromatic N) is 5. The van der Waals surface area contributed by atoms with E-state index < -0.39 is 30.1 Å². The maximum absolute atomic E-state index is 12.6. The van der Waals surface area contributed by atoms with Crippen molar-refractivity contribution in [2.75, 3.05) is 44.8 Å². The zero-order valence-electron chi connectivity index (χ0n) is 20.5. The summed E-state index contributed by atoms with van der Waals surface area (Å²) >= 11 is 0. The predicted octanol–water partition coefficient (Wildman–Crippen LogP) is 0.291. The molecule has 2 aliphatic rings. The number of aliphatic hydroxyl groups excluding tert-OH is 3. The topological polar surface area (TPSA) is 152 Å². The minimum atomic E-state index is -1.49. The van der Waals surface area contributed by atoms with Crippen LogP contribution in [0, 0.1) is 16.7 Å². The van der Waals surface area contributed by atoms with Gasteiger partial charge in [-0.15, -0.1) is 0 Å². The molecule has 2 unspecified atom stereocenters. The molecule has 4 atom stereocenters. The number of hydrogen-bond donors (Lipinski definition) is 3. The van der Waals surface area contributed by atoms with Crippen LogP contribution in [0.1, 0.15) is 31.0 Å². The lowest BCUT2D eigenvalue weighted by Crippen LogP contribution is -2.54. The van der Waals surface area contributed by atoms with Crippen molar-refractivity contribution >= 4 is 11.7 Å². The van der Waals surface area contributed by atoms with Crippen LogP contribution in [-0.2, 0) is 4.79 Å². The number of rotatable bonds is 8. The van der Waals surface area contributed by atoms with Crippen molar-refractivity contribution in [3.05, 3.63) is 41.9 Å². The Bertz CT molecular complexity index is 1130. The molecule has 2 fully saturated rings. The van der Waals surface area contributed by atoms with Crippen LogP contribution in [0.2, 0.25) is 0 Å². The average molecular weight is 498 g/mol. The number of nitriles is 1. The van der Waals surface area contributed by atoms with Gasteiger partial charge in [0.25, 0.3) is 5.91 Å². The predicted molar refractivity (Wildman–Crippen MR) is 129 cm³/mol. The summed E-state index contributed by atoms with van der Waals surface area (Å²) in [5.74, 6) is 1.00. The van der Waals surface area contributed by atoms with Crippen molar-refractivity contribution in [2.24, 2.45) is 5.41 Å². The molecule has 192 valence electrons. The first-order valence-corrected chi connectivity index (χ1v) is 11.8. The molecule has 0 saturated carbocycles. The minimum absolute atomic E-state index is 0.115. The van der Waals surface area contributed by atoms with Gasteiger partial charge >= 0.3 is 0 Å². The Morgan fingerprint density at radius 3 is 2.58 bits per heavy atom. The molecule has 11 nitrogen and oxygen atoms in total. The fourth-order valence-corrected chi connectivity index (χ4v) is 4.80. The number of ether oxygens (including phenoxy) is 2. The molecule has 3 heterocycles. The van der Waals surface area contributed by atoms with Crippen molar-refractivity contribution in [1.29, 1.82) is 5.26 Å². The molecular weight excluding hydrogens is 466 g/mol. The summed E-state index contributed by atoms with van der Waals surface area (Å²) in [4.78, 5) is 24.4. The molecule has 0 spiro atoms. The van der Waals surface area contributed by atoms with E-state index in [1.54, 1.807) is 20.2 Å². The molecule has 11 heteroatoms. The Morgan fingerprint density at radius 2 is 2.00 bits per heavy atom. The maximum atomic E-state index is 12.6. The standard InChI is InChI=1S/C25H31N5O6/c1-15(32)25(2)14-30(24(34)20(33)13-31)12-19(25)16-4-5-21(35-3)22(6-16)36-18-10-29(11-18)23-9-27-17(7-26)8-28-23/h4-6,8-9,15,18-20,31-33H,10-14H2,1-3H3/t15?,19-,20?,25-/m0/s1. The molecule has 2 saturated heterocycles. The average Bonchev–Trinajstić information content (AvgIpc) is 3.23. The fraction of sp³-hybridized carbons (Fsp3) is 0.520. The zero-order valence-corrected chi connectivity index (χ0v) is 20.5. The summed E-state index contributed by atoms with van der Waals surface area (Å²) in [6, 6.07) is 7.53. The van der Waals surface area contributed by atoms with E-state index in [-0.39, 0.29) is 30.8 Å². The number of carbonyl (C=O) groups excluding carboxylic acids is 1. The molecule has 1 aromatic carbocycles. The third kappa shape index (κ3) is 4.80. The molecule has 4 rings (SSSR count). The number of anilines is 1. The summed E-state index contributed by atoms with van der Waals surface area (Å²) in [5.41, 5.74) is 0.464. The van der Waals surface area contributed by atoms with E-state index in [2.05, 4.69) is 9.97 Å². The lowest BCUT2D eigenvalue weighted by atomic mass is 9.72. The van der Waals surface area contributed by atoms with Gasteiger partial charge < -0.3 is 34.6 Å². The highest BCUT2D eigenvalue weighted by atomic mass is 16.5. The van der Waals surface area contributed by atoms with E-state index in [1.165, 1.54) is 11.1 Å². The Balaban J connectivity index is 1.51. The van der Waals surface area contributed by atoms with Gasteiger partial charge in [-0.05, 0) is 24.6 Å². The van der Waals surface area contributed by atoms with Gasteiger partial charge in [0.2, 0.25) is 0 Å². The van der Waals surface area contributed by atoms with E-state index in [0.29, 0.717) is 30.4 Å². The van der Waals surface area contributed by atoms with E-state index >= 15 is 0 Å². The number of carbonyl (C=O) groups is 1. The van der Waals surface area contributed by atoms with E-state index in [4.69, 9.17) is 14.7 Å². The zero-order chi connectivity index (χ0) is 26.0. The van der Waals surface area contributed by atoms with Gasteiger partial charge in [0.05, 0.1) is 45.3 Å². The summed E-state index contributed by atoms with van der Waals surface area (Å²) in [6.07, 6.45) is 0.667. The van der Waals surface area contributed by atoms with Crippen molar-refractivity contribution in [1.82, 2.24) is 14.9 Å². The number of amides is 1. The largest absolute Gasteiger partial charge is 0.493 e. The van der Waals surface area contributed by atoms with Crippen molar-refractivity contribution in [2.45, 2.75) is 38.1 Å². The Labute approximate surface area is 209 Å². The molecule has 1 amide bonds. The van der Waals surface area contributed by atoms with E-state index in [1.807, 2.05) is 36.1 Å². The second kappa shape index (κ2) is 10.3. The Kier molecular flexibility index (Phi) is 7.31. The fourth-order valence-electron chi connectivity index (χ4n) is 4.80. The van der Waals surface area contributed by atoms with E-state index in [9.17, 15) is 20.1 Å². The Morgan fingerprint density at radius 1 is 1.25 bits per heavy atom. The lowest BCUT2D eigenvalue weighted by Gasteiger charge is -2.40. The quantitative estimate of drug-likeness (QED) is 0.464. The molecule has 2 aromatic rings. The molecular formula is C25H31N5O6. The summed E-state index contributed by atoms with van der Waals surface area (Å²) < 4.78 is 11.8. The van der Waals surface area contributed by atoms with Gasteiger partial charge in [0, 0.05) is 24.4 Å². The maximum Gasteiger partial charge on any atom is 0.253 e. The molecule has 2 aliphatic heterocycles. The monoisotopic (exact) mass is 497 g/mol. The summed E-state index contributed by atoms with van der Waals surface area (Å²) in [5, 5.41) is 38.6. The van der Waals surface area contributed by atoms with Gasteiger partial charge in [-0.3, -0.25) is 4.79 Å². The number of benzene rings is 1. The number of likely N-dealkylation sites (tertiary alicyclic amines) is 1. The summed E-state index contributed by atoms with van der Waals surface area (Å²) in [6.45, 7) is 4.66. The number of aromatic nitrogens is 2. The van der Waals surface area contributed by atoms with Crippen LogP contribution in [0.4, 0.5) is 5.82 Å². The molecule has 36 heavy (non-hydrogen) atoms. The van der Waals surface area contributed by atoms with Crippen LogP contribution in [0.3, 0.4) is 0 Å². The van der Waals surface area contributed by atoms with Gasteiger partial charge in [-0.1, -0.05) is 13.0 Å². The molecule has 0 aliphatic carbocycles. The van der Waals surface area contributed by atoms with Gasteiger partial charge in [0.15, 0.2) is 23.3 Å². The minimum Gasteiger partial charge on any atom is -0.493 e. The van der Waals surface area contributed by atoms with Crippen LogP contribution < -0.4 is 14.4 Å². The second-order valence-corrected chi connectivity index (χ2v) is 9.58. The highest BCUT2D eigenvalue weighted by molar-refractivity contribution is 5.81. The van der Waals surface area contributed by atoms with Crippen LogP contribution in [0.25, 0.3) is 0 Å². The van der Waals surface area contributed by atoms with Gasteiger partial charge in [-0.25, -0.2) is 9.97 Å². The highest BCUT2D eigenvalue weighted by Crippen LogP contribution is 2.47. The molecule has 1 aromatic heterocycles. The van der Waals surface area contributed by atoms with E-state index in [0.717, 1.165) is 5.56 Å².